The highest BCUT2D eigenvalue weighted by atomic mass is 19.2. The van der Waals surface area contributed by atoms with Crippen molar-refractivity contribution in [1.82, 2.24) is 0 Å². The number of unbranched alkanes of at least 4 members (excludes halogenated alkanes) is 3. The molecule has 4 aromatic rings. The minimum absolute atomic E-state index is 0.0588. The zero-order valence-corrected chi connectivity index (χ0v) is 21.4. The zero-order chi connectivity index (χ0) is 27.1. The second kappa shape index (κ2) is 12.5. The summed E-state index contributed by atoms with van der Waals surface area (Å²) in [4.78, 5) is 12.6. The molecule has 4 aromatic carbocycles. The highest BCUT2D eigenvalue weighted by Gasteiger charge is 2.21. The molecule has 0 unspecified atom stereocenters. The van der Waals surface area contributed by atoms with Crippen molar-refractivity contribution >= 4 is 5.97 Å². The normalized spacial score (nSPS) is 10.9. The van der Waals surface area contributed by atoms with E-state index < -0.39 is 29.0 Å². The van der Waals surface area contributed by atoms with Gasteiger partial charge in [0.05, 0.1) is 12.2 Å². The number of carbonyl (C=O) groups excluding carboxylic acids is 1. The molecule has 3 nitrogen and oxygen atoms in total. The molecule has 0 N–H and O–H groups in total. The SMILES string of the molecule is CCCCCCOc1ccc(-c2ccc(OC(=O)c3ccc(-c4ccc(C)cc4)c(F)c3F)cc2)cc1F. The lowest BCUT2D eigenvalue weighted by Crippen LogP contribution is -2.12. The third-order valence-electron chi connectivity index (χ3n) is 6.25. The highest BCUT2D eigenvalue weighted by Crippen LogP contribution is 2.29. The van der Waals surface area contributed by atoms with E-state index in [1.54, 1.807) is 48.5 Å². The van der Waals surface area contributed by atoms with Gasteiger partial charge in [-0.1, -0.05) is 80.3 Å². The molecule has 0 aliphatic carbocycles. The zero-order valence-electron chi connectivity index (χ0n) is 21.4. The summed E-state index contributed by atoms with van der Waals surface area (Å²) in [7, 11) is 0. The van der Waals surface area contributed by atoms with Crippen LogP contribution in [0.3, 0.4) is 0 Å². The van der Waals surface area contributed by atoms with Crippen LogP contribution in [0.1, 0.15) is 48.5 Å². The first-order valence-corrected chi connectivity index (χ1v) is 12.7. The molecule has 0 aromatic heterocycles. The standard InChI is InChI=1S/C32H29F3O3/c1-3-4-5-6-19-37-29-18-13-24(20-28(29)33)22-11-14-25(15-12-22)38-32(36)27-17-16-26(30(34)31(27)35)23-9-7-21(2)8-10-23/h7-18,20H,3-6,19H2,1-2H3. The summed E-state index contributed by atoms with van der Waals surface area (Å²) in [5, 5.41) is 0. The van der Waals surface area contributed by atoms with Crippen LogP contribution in [0.15, 0.2) is 78.9 Å². The fourth-order valence-corrected chi connectivity index (χ4v) is 4.05. The maximum atomic E-state index is 14.7. The van der Waals surface area contributed by atoms with Gasteiger partial charge in [0.2, 0.25) is 0 Å². The first-order valence-electron chi connectivity index (χ1n) is 12.7. The quantitative estimate of drug-likeness (QED) is 0.119. The topological polar surface area (TPSA) is 35.5 Å². The van der Waals surface area contributed by atoms with Gasteiger partial charge in [0.25, 0.3) is 0 Å². The van der Waals surface area contributed by atoms with Crippen LogP contribution in [-0.4, -0.2) is 12.6 Å². The van der Waals surface area contributed by atoms with Crippen molar-refractivity contribution in [3.63, 3.8) is 0 Å². The van der Waals surface area contributed by atoms with Gasteiger partial charge in [-0.3, -0.25) is 0 Å². The van der Waals surface area contributed by atoms with Crippen molar-refractivity contribution in [2.45, 2.75) is 39.5 Å². The van der Waals surface area contributed by atoms with Crippen molar-refractivity contribution in [2.24, 2.45) is 0 Å². The van der Waals surface area contributed by atoms with Crippen LogP contribution in [0.2, 0.25) is 0 Å². The summed E-state index contributed by atoms with van der Waals surface area (Å²) in [5.41, 5.74) is 2.37. The van der Waals surface area contributed by atoms with Gasteiger partial charge in [-0.05, 0) is 60.4 Å². The van der Waals surface area contributed by atoms with Gasteiger partial charge in [0.1, 0.15) is 5.75 Å². The van der Waals surface area contributed by atoms with Crippen LogP contribution < -0.4 is 9.47 Å². The Labute approximate surface area is 220 Å². The van der Waals surface area contributed by atoms with Crippen LogP contribution in [0.25, 0.3) is 22.3 Å². The smallest absolute Gasteiger partial charge is 0.346 e. The van der Waals surface area contributed by atoms with Crippen molar-refractivity contribution in [1.29, 1.82) is 0 Å². The number of benzene rings is 4. The summed E-state index contributed by atoms with van der Waals surface area (Å²) in [5.74, 6) is -3.51. The molecule has 6 heteroatoms. The number of esters is 1. The van der Waals surface area contributed by atoms with E-state index in [1.165, 1.54) is 30.3 Å². The van der Waals surface area contributed by atoms with E-state index in [4.69, 9.17) is 9.47 Å². The number of ether oxygens (including phenoxy) is 2. The molecule has 0 saturated heterocycles. The fourth-order valence-electron chi connectivity index (χ4n) is 4.05. The summed E-state index contributed by atoms with van der Waals surface area (Å²) in [6.45, 7) is 4.49. The number of halogens is 3. The number of carbonyl (C=O) groups is 1. The van der Waals surface area contributed by atoms with E-state index in [2.05, 4.69) is 6.92 Å². The number of hydrogen-bond donors (Lipinski definition) is 0. The van der Waals surface area contributed by atoms with Gasteiger partial charge in [0.15, 0.2) is 23.2 Å². The molecule has 0 aliphatic rings. The van der Waals surface area contributed by atoms with E-state index in [-0.39, 0.29) is 17.1 Å². The molecule has 0 saturated carbocycles. The van der Waals surface area contributed by atoms with E-state index in [9.17, 15) is 18.0 Å². The van der Waals surface area contributed by atoms with Crippen LogP contribution in [0.4, 0.5) is 13.2 Å². The van der Waals surface area contributed by atoms with E-state index >= 15 is 0 Å². The van der Waals surface area contributed by atoms with E-state index in [1.807, 2.05) is 6.92 Å². The second-order valence-corrected chi connectivity index (χ2v) is 9.12. The lowest BCUT2D eigenvalue weighted by molar-refractivity contribution is 0.0728. The van der Waals surface area contributed by atoms with Gasteiger partial charge in [-0.15, -0.1) is 0 Å². The molecule has 0 radical (unpaired) electrons. The highest BCUT2D eigenvalue weighted by molar-refractivity contribution is 5.92. The van der Waals surface area contributed by atoms with Crippen molar-refractivity contribution < 1.29 is 27.4 Å². The number of aryl methyl sites for hydroxylation is 1. The summed E-state index contributed by atoms with van der Waals surface area (Å²) >= 11 is 0. The summed E-state index contributed by atoms with van der Waals surface area (Å²) in [6, 6.07) is 20.6. The molecular weight excluding hydrogens is 489 g/mol. The first kappa shape index (κ1) is 27.0. The fraction of sp³-hybridized carbons (Fsp3) is 0.219. The van der Waals surface area contributed by atoms with Crippen LogP contribution in [0, 0.1) is 24.4 Å². The third-order valence-corrected chi connectivity index (χ3v) is 6.25. The lowest BCUT2D eigenvalue weighted by Gasteiger charge is -2.11. The lowest BCUT2D eigenvalue weighted by atomic mass is 10.0. The largest absolute Gasteiger partial charge is 0.491 e. The van der Waals surface area contributed by atoms with Gasteiger partial charge in [-0.25, -0.2) is 18.0 Å². The van der Waals surface area contributed by atoms with E-state index in [0.717, 1.165) is 31.2 Å². The van der Waals surface area contributed by atoms with Crippen LogP contribution in [0.5, 0.6) is 11.5 Å². The maximum Gasteiger partial charge on any atom is 0.346 e. The number of rotatable bonds is 10. The van der Waals surface area contributed by atoms with E-state index in [0.29, 0.717) is 23.3 Å². The van der Waals surface area contributed by atoms with Gasteiger partial charge in [-0.2, -0.15) is 0 Å². The number of hydrogen-bond acceptors (Lipinski definition) is 3. The average Bonchev–Trinajstić information content (AvgIpc) is 2.92. The van der Waals surface area contributed by atoms with Crippen LogP contribution in [-0.2, 0) is 0 Å². The Morgan fingerprint density at radius 3 is 2.11 bits per heavy atom. The maximum absolute atomic E-state index is 14.7. The third kappa shape index (κ3) is 6.43. The van der Waals surface area contributed by atoms with Crippen molar-refractivity contribution in [2.75, 3.05) is 6.61 Å². The molecule has 38 heavy (non-hydrogen) atoms. The molecule has 0 bridgehead atoms. The Morgan fingerprint density at radius 2 is 1.42 bits per heavy atom. The minimum Gasteiger partial charge on any atom is -0.491 e. The predicted octanol–water partition coefficient (Wildman–Crippen LogP) is 8.92. The predicted molar refractivity (Wildman–Crippen MR) is 143 cm³/mol. The molecule has 4 rings (SSSR count). The Morgan fingerprint density at radius 1 is 0.737 bits per heavy atom. The summed E-state index contributed by atoms with van der Waals surface area (Å²) < 4.78 is 54.8. The molecule has 0 fully saturated rings. The molecule has 0 spiro atoms. The van der Waals surface area contributed by atoms with Gasteiger partial charge < -0.3 is 9.47 Å². The minimum atomic E-state index is -1.27. The van der Waals surface area contributed by atoms with Gasteiger partial charge >= 0.3 is 5.97 Å². The molecule has 0 amide bonds. The molecule has 0 aliphatic heterocycles. The molecule has 0 heterocycles. The second-order valence-electron chi connectivity index (χ2n) is 9.12. The Kier molecular flexibility index (Phi) is 8.85. The van der Waals surface area contributed by atoms with Crippen LogP contribution >= 0.6 is 0 Å². The first-order chi connectivity index (χ1) is 18.4. The molecule has 0 atom stereocenters. The summed E-state index contributed by atoms with van der Waals surface area (Å²) in [6.07, 6.45) is 4.18. The van der Waals surface area contributed by atoms with Gasteiger partial charge in [0, 0.05) is 5.56 Å². The molecular formula is C32H29F3O3. The average molecular weight is 519 g/mol. The Hall–Kier alpha value is -4.06. The monoisotopic (exact) mass is 518 g/mol. The Balaban J connectivity index is 1.42. The molecule has 196 valence electrons. The Bertz CT molecular complexity index is 1400. The van der Waals surface area contributed by atoms with Crippen molar-refractivity contribution in [3.8, 4) is 33.8 Å². The van der Waals surface area contributed by atoms with Crippen molar-refractivity contribution in [3.05, 3.63) is 107 Å².